The maximum absolute atomic E-state index is 14.1. The number of rotatable bonds is 19. The molecular weight excluding hydrogens is 695 g/mol. The van der Waals surface area contributed by atoms with E-state index in [1.54, 1.807) is 35.0 Å². The lowest BCUT2D eigenvalue weighted by Crippen LogP contribution is -2.50. The number of alkyl carbamates (subject to hydrolysis) is 1. The summed E-state index contributed by atoms with van der Waals surface area (Å²) in [6.07, 6.45) is 4.00. The Hall–Kier alpha value is -4.13. The molecule has 4 aromatic rings. The molecule has 0 saturated carbocycles. The van der Waals surface area contributed by atoms with E-state index in [1.165, 1.54) is 11.3 Å². The third-order valence-corrected chi connectivity index (χ3v) is 10.4. The minimum Gasteiger partial charge on any atom is -0.444 e. The minimum absolute atomic E-state index is 0.0535. The van der Waals surface area contributed by atoms with Crippen molar-refractivity contribution in [3.05, 3.63) is 104 Å². The van der Waals surface area contributed by atoms with Gasteiger partial charge in [0.15, 0.2) is 5.78 Å². The predicted octanol–water partition coefficient (Wildman–Crippen LogP) is 8.18. The molecule has 0 bridgehead atoms. The van der Waals surface area contributed by atoms with Gasteiger partial charge < -0.3 is 25.0 Å². The number of carbonyl (C=O) groups is 3. The molecule has 2 aromatic carbocycles. The lowest BCUT2D eigenvalue weighted by atomic mass is 9.86. The van der Waals surface area contributed by atoms with Gasteiger partial charge in [-0.3, -0.25) is 9.78 Å². The molecule has 2 N–H and O–H groups in total. The van der Waals surface area contributed by atoms with Crippen LogP contribution in [0.25, 0.3) is 0 Å². The Bertz CT molecular complexity index is 1660. The SMILES string of the molecule is CC(C)c1nc(CN(C)C(=O)N[C@@H](COC(C)(C)C)C(=O)C[C@H](CC[C@H](Cc2ccccc2)NC(=O)OCc2cncs2)Cc2ccccc2)cs1. The van der Waals surface area contributed by atoms with E-state index in [2.05, 4.69) is 46.6 Å². The Kier molecular flexibility index (Phi) is 15.8. The molecule has 3 amide bonds. The van der Waals surface area contributed by atoms with E-state index < -0.39 is 17.7 Å². The zero-order valence-electron chi connectivity index (χ0n) is 31.2. The first kappa shape index (κ1) is 40.6. The second kappa shape index (κ2) is 20.2. The molecular formula is C40H53N5O5S2. The van der Waals surface area contributed by atoms with Crippen LogP contribution >= 0.6 is 22.7 Å². The number of thiazole rings is 2. The van der Waals surface area contributed by atoms with Crippen LogP contribution in [-0.2, 0) is 40.3 Å². The maximum Gasteiger partial charge on any atom is 0.407 e. The summed E-state index contributed by atoms with van der Waals surface area (Å²) < 4.78 is 11.6. The van der Waals surface area contributed by atoms with E-state index in [0.717, 1.165) is 26.7 Å². The van der Waals surface area contributed by atoms with Crippen molar-refractivity contribution < 1.29 is 23.9 Å². The standard InChI is InChI=1S/C40H53N5O5S2/c1-28(2)37-42-33(26-51-37)23-45(6)38(47)44-35(25-50-40(3,4)5)36(46)21-31(19-29-13-9-7-10-14-29)17-18-32(20-30-15-11-8-12-16-30)43-39(48)49-24-34-22-41-27-52-34/h7-16,22,26-28,31-32,35H,17-21,23-25H2,1-6H3,(H,43,48)(H,44,47)/t31-,32-,35+/m1/s1. The fraction of sp³-hybridized carbons (Fsp3) is 0.475. The first-order chi connectivity index (χ1) is 24.8. The highest BCUT2D eigenvalue weighted by Gasteiger charge is 2.28. The summed E-state index contributed by atoms with van der Waals surface area (Å²) in [5.41, 5.74) is 4.23. The van der Waals surface area contributed by atoms with Gasteiger partial charge in [0.05, 0.1) is 39.8 Å². The number of nitrogens with one attached hydrogen (secondary N) is 2. The molecule has 0 aliphatic rings. The number of hydrogen-bond acceptors (Lipinski definition) is 9. The largest absolute Gasteiger partial charge is 0.444 e. The summed E-state index contributed by atoms with van der Waals surface area (Å²) in [4.78, 5) is 51.7. The molecule has 0 aliphatic carbocycles. The molecule has 0 saturated heterocycles. The third kappa shape index (κ3) is 14.5. The highest BCUT2D eigenvalue weighted by Crippen LogP contribution is 2.23. The summed E-state index contributed by atoms with van der Waals surface area (Å²) >= 11 is 3.02. The van der Waals surface area contributed by atoms with Gasteiger partial charge in [0, 0.05) is 37.0 Å². The number of amides is 3. The van der Waals surface area contributed by atoms with Crippen molar-refractivity contribution in [1.82, 2.24) is 25.5 Å². The average molecular weight is 748 g/mol. The Morgan fingerprint density at radius 3 is 2.17 bits per heavy atom. The zero-order valence-corrected chi connectivity index (χ0v) is 32.8. The van der Waals surface area contributed by atoms with Gasteiger partial charge in [-0.15, -0.1) is 22.7 Å². The number of urea groups is 1. The van der Waals surface area contributed by atoms with Crippen LogP contribution in [0.15, 0.2) is 77.8 Å². The van der Waals surface area contributed by atoms with E-state index in [0.29, 0.717) is 38.1 Å². The number of nitrogens with zero attached hydrogens (tertiary/aromatic N) is 3. The highest BCUT2D eigenvalue weighted by molar-refractivity contribution is 7.09. The second-order valence-electron chi connectivity index (χ2n) is 14.5. The first-order valence-electron chi connectivity index (χ1n) is 17.9. The average Bonchev–Trinajstić information content (AvgIpc) is 3.81. The van der Waals surface area contributed by atoms with Crippen LogP contribution in [0.1, 0.15) is 86.5 Å². The normalized spacial score (nSPS) is 13.3. The van der Waals surface area contributed by atoms with Crippen LogP contribution < -0.4 is 10.6 Å². The van der Waals surface area contributed by atoms with Crippen molar-refractivity contribution in [1.29, 1.82) is 0 Å². The number of Topliss-reactive ketones (excluding diaryl/α,β-unsaturated/α-hetero) is 1. The molecule has 0 aliphatic heterocycles. The van der Waals surface area contributed by atoms with Gasteiger partial charge in [-0.25, -0.2) is 14.6 Å². The van der Waals surface area contributed by atoms with Crippen molar-refractivity contribution in [2.45, 2.75) is 103 Å². The molecule has 52 heavy (non-hydrogen) atoms. The molecule has 4 rings (SSSR count). The summed E-state index contributed by atoms with van der Waals surface area (Å²) in [5, 5.41) is 9.04. The van der Waals surface area contributed by atoms with Crippen LogP contribution in [0.4, 0.5) is 9.59 Å². The molecule has 0 unspecified atom stereocenters. The Morgan fingerprint density at radius 2 is 1.58 bits per heavy atom. The van der Waals surface area contributed by atoms with Crippen molar-refractivity contribution in [3.8, 4) is 0 Å². The summed E-state index contributed by atoms with van der Waals surface area (Å²) in [5.74, 6) is 0.157. The van der Waals surface area contributed by atoms with Gasteiger partial charge in [-0.05, 0) is 63.5 Å². The van der Waals surface area contributed by atoms with Crippen LogP contribution in [0, 0.1) is 5.92 Å². The number of ether oxygens (including phenoxy) is 2. The number of carbonyl (C=O) groups excluding carboxylic acids is 3. The predicted molar refractivity (Wildman–Crippen MR) is 208 cm³/mol. The number of aromatic nitrogens is 2. The van der Waals surface area contributed by atoms with E-state index in [9.17, 15) is 14.4 Å². The lowest BCUT2D eigenvalue weighted by Gasteiger charge is -2.28. The molecule has 0 spiro atoms. The smallest absolute Gasteiger partial charge is 0.407 e. The number of benzene rings is 2. The van der Waals surface area contributed by atoms with Gasteiger partial charge in [0.1, 0.15) is 12.6 Å². The Labute approximate surface area is 316 Å². The fourth-order valence-corrected chi connectivity index (χ4v) is 6.98. The van der Waals surface area contributed by atoms with Crippen molar-refractivity contribution >= 4 is 40.6 Å². The molecule has 0 fully saturated rings. The van der Waals surface area contributed by atoms with Gasteiger partial charge in [-0.2, -0.15) is 0 Å². The molecule has 2 aromatic heterocycles. The quantitative estimate of drug-likeness (QED) is 0.0992. The van der Waals surface area contributed by atoms with Crippen molar-refractivity contribution in [3.63, 3.8) is 0 Å². The molecule has 0 radical (unpaired) electrons. The molecule has 2 heterocycles. The maximum atomic E-state index is 14.1. The van der Waals surface area contributed by atoms with Gasteiger partial charge in [0.2, 0.25) is 0 Å². The Balaban J connectivity index is 1.47. The third-order valence-electron chi connectivity index (χ3n) is 8.43. The zero-order chi connectivity index (χ0) is 37.5. The topological polar surface area (TPSA) is 123 Å². The summed E-state index contributed by atoms with van der Waals surface area (Å²) in [6, 6.07) is 18.7. The monoisotopic (exact) mass is 747 g/mol. The van der Waals surface area contributed by atoms with Crippen molar-refractivity contribution in [2.24, 2.45) is 5.92 Å². The molecule has 280 valence electrons. The van der Waals surface area contributed by atoms with Crippen LogP contribution in [-0.4, -0.2) is 64.1 Å². The first-order valence-corrected chi connectivity index (χ1v) is 19.6. The van der Waals surface area contributed by atoms with Gasteiger partial charge in [-0.1, -0.05) is 74.5 Å². The molecule has 12 heteroatoms. The van der Waals surface area contributed by atoms with Crippen LogP contribution in [0.2, 0.25) is 0 Å². The molecule has 10 nitrogen and oxygen atoms in total. The highest BCUT2D eigenvalue weighted by atomic mass is 32.1. The van der Waals surface area contributed by atoms with E-state index in [1.807, 2.05) is 74.7 Å². The number of hydrogen-bond donors (Lipinski definition) is 2. The van der Waals surface area contributed by atoms with Crippen molar-refractivity contribution in [2.75, 3.05) is 13.7 Å². The summed E-state index contributed by atoms with van der Waals surface area (Å²) in [7, 11) is 1.70. The van der Waals surface area contributed by atoms with Gasteiger partial charge in [0.25, 0.3) is 0 Å². The second-order valence-corrected chi connectivity index (χ2v) is 16.4. The van der Waals surface area contributed by atoms with Gasteiger partial charge >= 0.3 is 12.1 Å². The van der Waals surface area contributed by atoms with Crippen LogP contribution in [0.5, 0.6) is 0 Å². The minimum atomic E-state index is -0.839. The molecule has 3 atom stereocenters. The Morgan fingerprint density at radius 1 is 0.904 bits per heavy atom. The fourth-order valence-electron chi connectivity index (χ4n) is 5.65. The van der Waals surface area contributed by atoms with E-state index >= 15 is 0 Å². The van der Waals surface area contributed by atoms with Crippen LogP contribution in [0.3, 0.4) is 0 Å². The van der Waals surface area contributed by atoms with E-state index in [-0.39, 0.29) is 43.4 Å². The number of ketones is 1. The van der Waals surface area contributed by atoms with E-state index in [4.69, 9.17) is 9.47 Å². The summed E-state index contributed by atoms with van der Waals surface area (Å²) in [6.45, 7) is 10.5. The lowest BCUT2D eigenvalue weighted by molar-refractivity contribution is -0.125.